The molecule has 0 unspecified atom stereocenters. The summed E-state index contributed by atoms with van der Waals surface area (Å²) in [5.41, 5.74) is 1.83. The third-order valence-electron chi connectivity index (χ3n) is 4.66. The molecule has 2 aromatic heterocycles. The maximum Gasteiger partial charge on any atom is 0.258 e. The largest absolute Gasteiger partial charge is 0.484 e. The van der Waals surface area contributed by atoms with Crippen LogP contribution in [0.5, 0.6) is 5.75 Å². The average Bonchev–Trinajstić information content (AvgIpc) is 3.22. The van der Waals surface area contributed by atoms with Crippen molar-refractivity contribution in [2.45, 2.75) is 38.9 Å². The molecule has 0 aliphatic rings. The fourth-order valence-electron chi connectivity index (χ4n) is 3.08. The van der Waals surface area contributed by atoms with Crippen LogP contribution in [0.2, 0.25) is 0 Å². The number of ether oxygens (including phenoxy) is 2. The number of benzene rings is 1. The fourth-order valence-corrected chi connectivity index (χ4v) is 3.78. The molecule has 1 amide bonds. The van der Waals surface area contributed by atoms with E-state index in [-0.39, 0.29) is 12.5 Å². The Kier molecular flexibility index (Phi) is 9.77. The van der Waals surface area contributed by atoms with Crippen LogP contribution in [0.1, 0.15) is 25.8 Å². The van der Waals surface area contributed by atoms with Crippen LogP contribution in [0.25, 0.3) is 11.0 Å². The van der Waals surface area contributed by atoms with Gasteiger partial charge in [0.05, 0.1) is 24.7 Å². The Bertz CT molecular complexity index is 1040. The summed E-state index contributed by atoms with van der Waals surface area (Å²) in [6.45, 7) is 8.90. The van der Waals surface area contributed by atoms with Crippen molar-refractivity contribution in [1.82, 2.24) is 25.1 Å². The first-order valence-corrected chi connectivity index (χ1v) is 12.2. The number of nitrogens with zero attached hydrogens (tertiary/aromatic N) is 4. The van der Waals surface area contributed by atoms with Crippen molar-refractivity contribution in [3.8, 4) is 5.75 Å². The second kappa shape index (κ2) is 13.0. The number of carbonyl (C=O) groups is 1. The third kappa shape index (κ3) is 7.61. The maximum atomic E-state index is 12.2. The van der Waals surface area contributed by atoms with Crippen molar-refractivity contribution in [3.05, 3.63) is 36.0 Å². The summed E-state index contributed by atoms with van der Waals surface area (Å²) in [7, 11) is 0. The zero-order valence-corrected chi connectivity index (χ0v) is 20.3. The van der Waals surface area contributed by atoms with E-state index in [1.54, 1.807) is 22.6 Å². The molecule has 2 heterocycles. The van der Waals surface area contributed by atoms with Gasteiger partial charge in [-0.3, -0.25) is 4.79 Å². The van der Waals surface area contributed by atoms with Crippen molar-refractivity contribution in [3.63, 3.8) is 0 Å². The number of anilines is 1. The van der Waals surface area contributed by atoms with Gasteiger partial charge >= 0.3 is 0 Å². The normalized spacial score (nSPS) is 11.0. The summed E-state index contributed by atoms with van der Waals surface area (Å²) >= 11 is 1.62. The molecule has 3 aromatic rings. The minimum atomic E-state index is -0.180. The van der Waals surface area contributed by atoms with Crippen LogP contribution < -0.4 is 15.4 Å². The molecule has 33 heavy (non-hydrogen) atoms. The molecule has 3 rings (SSSR count). The number of thioether (sulfide) groups is 1. The molecule has 178 valence electrons. The SMILES string of the molecule is CCCSc1nc(NCCOCC)c2cnn(CCNC(=O)COc3cccc(C)c3)c2n1. The molecule has 1 aromatic carbocycles. The first-order chi connectivity index (χ1) is 16.1. The van der Waals surface area contributed by atoms with Gasteiger partial charge in [-0.25, -0.2) is 14.6 Å². The summed E-state index contributed by atoms with van der Waals surface area (Å²) in [4.78, 5) is 21.5. The van der Waals surface area contributed by atoms with Crippen LogP contribution in [0.4, 0.5) is 5.82 Å². The second-order valence-electron chi connectivity index (χ2n) is 7.39. The van der Waals surface area contributed by atoms with Gasteiger partial charge in [-0.1, -0.05) is 30.8 Å². The van der Waals surface area contributed by atoms with Gasteiger partial charge < -0.3 is 20.1 Å². The van der Waals surface area contributed by atoms with Gasteiger partial charge in [0.25, 0.3) is 5.91 Å². The molecule has 10 heteroatoms. The van der Waals surface area contributed by atoms with Crippen LogP contribution in [0, 0.1) is 6.92 Å². The highest BCUT2D eigenvalue weighted by molar-refractivity contribution is 7.99. The lowest BCUT2D eigenvalue weighted by atomic mass is 10.2. The molecule has 9 nitrogen and oxygen atoms in total. The Balaban J connectivity index is 1.60. The molecule has 0 saturated carbocycles. The number of aromatic nitrogens is 4. The first kappa shape index (κ1) is 24.8. The van der Waals surface area contributed by atoms with E-state index in [9.17, 15) is 4.79 Å². The van der Waals surface area contributed by atoms with E-state index >= 15 is 0 Å². The summed E-state index contributed by atoms with van der Waals surface area (Å²) in [6.07, 6.45) is 2.80. The Labute approximate surface area is 198 Å². The Morgan fingerprint density at radius 1 is 1.21 bits per heavy atom. The predicted octanol–water partition coefficient (Wildman–Crippen LogP) is 3.28. The van der Waals surface area contributed by atoms with Gasteiger partial charge in [0.15, 0.2) is 17.4 Å². The minimum absolute atomic E-state index is 0.0306. The van der Waals surface area contributed by atoms with E-state index in [0.717, 1.165) is 34.6 Å². The molecule has 0 atom stereocenters. The Morgan fingerprint density at radius 2 is 2.09 bits per heavy atom. The van der Waals surface area contributed by atoms with E-state index in [4.69, 9.17) is 14.5 Å². The monoisotopic (exact) mass is 472 g/mol. The first-order valence-electron chi connectivity index (χ1n) is 11.2. The topological polar surface area (TPSA) is 103 Å². The van der Waals surface area contributed by atoms with Gasteiger partial charge in [0, 0.05) is 25.4 Å². The lowest BCUT2D eigenvalue weighted by molar-refractivity contribution is -0.123. The molecule has 0 bridgehead atoms. The fraction of sp³-hybridized carbons (Fsp3) is 0.478. The van der Waals surface area contributed by atoms with Gasteiger partial charge in [0.1, 0.15) is 11.6 Å². The van der Waals surface area contributed by atoms with Crippen LogP contribution in [0.15, 0.2) is 35.6 Å². The van der Waals surface area contributed by atoms with E-state index in [1.165, 1.54) is 0 Å². The minimum Gasteiger partial charge on any atom is -0.484 e. The number of rotatable bonds is 14. The quantitative estimate of drug-likeness (QED) is 0.209. The lowest BCUT2D eigenvalue weighted by Crippen LogP contribution is -2.31. The highest BCUT2D eigenvalue weighted by Gasteiger charge is 2.13. The number of nitrogens with one attached hydrogen (secondary N) is 2. The highest BCUT2D eigenvalue weighted by atomic mass is 32.2. The van der Waals surface area contributed by atoms with E-state index < -0.39 is 0 Å². The summed E-state index contributed by atoms with van der Waals surface area (Å²) in [5.74, 6) is 2.19. The molecule has 0 spiro atoms. The summed E-state index contributed by atoms with van der Waals surface area (Å²) in [5, 5.41) is 12.2. The lowest BCUT2D eigenvalue weighted by Gasteiger charge is -2.10. The molecule has 2 N–H and O–H groups in total. The summed E-state index contributed by atoms with van der Waals surface area (Å²) < 4.78 is 12.8. The average molecular weight is 473 g/mol. The highest BCUT2D eigenvalue weighted by Crippen LogP contribution is 2.24. The predicted molar refractivity (Wildman–Crippen MR) is 131 cm³/mol. The number of amides is 1. The summed E-state index contributed by atoms with van der Waals surface area (Å²) in [6, 6.07) is 7.62. The van der Waals surface area contributed by atoms with E-state index in [1.807, 2.05) is 38.1 Å². The molecule has 0 saturated heterocycles. The van der Waals surface area contributed by atoms with Gasteiger partial charge in [0.2, 0.25) is 0 Å². The van der Waals surface area contributed by atoms with Crippen LogP contribution in [-0.4, -0.2) is 64.3 Å². The Morgan fingerprint density at radius 3 is 2.88 bits per heavy atom. The van der Waals surface area contributed by atoms with Crippen molar-refractivity contribution in [2.75, 3.05) is 44.0 Å². The van der Waals surface area contributed by atoms with Crippen LogP contribution in [0.3, 0.4) is 0 Å². The van der Waals surface area contributed by atoms with Crippen molar-refractivity contribution < 1.29 is 14.3 Å². The van der Waals surface area contributed by atoms with Gasteiger partial charge in [-0.15, -0.1) is 0 Å². The molecule has 0 radical (unpaired) electrons. The third-order valence-corrected chi connectivity index (χ3v) is 5.71. The second-order valence-corrected chi connectivity index (χ2v) is 8.45. The molecular weight excluding hydrogens is 440 g/mol. The molecular formula is C23H32N6O3S. The molecule has 0 fully saturated rings. The van der Waals surface area contributed by atoms with Gasteiger partial charge in [-0.05, 0) is 38.0 Å². The van der Waals surface area contributed by atoms with E-state index in [0.29, 0.717) is 43.8 Å². The number of aryl methyl sites for hydroxylation is 1. The van der Waals surface area contributed by atoms with Crippen molar-refractivity contribution in [1.29, 1.82) is 0 Å². The van der Waals surface area contributed by atoms with Gasteiger partial charge in [-0.2, -0.15) is 5.10 Å². The zero-order valence-electron chi connectivity index (χ0n) is 19.5. The number of hydrogen-bond acceptors (Lipinski definition) is 8. The number of fused-ring (bicyclic) bond motifs is 1. The molecule has 0 aliphatic carbocycles. The smallest absolute Gasteiger partial charge is 0.258 e. The Hall–Kier alpha value is -2.85. The van der Waals surface area contributed by atoms with Crippen molar-refractivity contribution >= 4 is 34.5 Å². The number of carbonyl (C=O) groups excluding carboxylic acids is 1. The zero-order chi connectivity index (χ0) is 23.5. The van der Waals surface area contributed by atoms with Crippen LogP contribution >= 0.6 is 11.8 Å². The van der Waals surface area contributed by atoms with Crippen LogP contribution in [-0.2, 0) is 16.1 Å². The maximum absolute atomic E-state index is 12.2. The molecule has 0 aliphatic heterocycles. The standard InChI is InChI=1S/C23H32N6O3S/c1-4-13-33-23-27-21(25-10-12-31-5-2)19-15-26-29(22(19)28-23)11-9-24-20(30)16-32-18-8-6-7-17(3)14-18/h6-8,14-15H,4-5,9-13,16H2,1-3H3,(H,24,30)(H,25,27,28). The van der Waals surface area contributed by atoms with E-state index in [2.05, 4.69) is 27.6 Å². The van der Waals surface area contributed by atoms with Crippen molar-refractivity contribution in [2.24, 2.45) is 0 Å². The number of hydrogen-bond donors (Lipinski definition) is 2.